The van der Waals surface area contributed by atoms with E-state index < -0.39 is 0 Å². The van der Waals surface area contributed by atoms with Crippen LogP contribution in [0.5, 0.6) is 0 Å². The van der Waals surface area contributed by atoms with E-state index in [1.54, 1.807) is 0 Å². The number of benzene rings is 1. The zero-order valence-corrected chi connectivity index (χ0v) is 10.2. The van der Waals surface area contributed by atoms with Crippen LogP contribution >= 0.6 is 0 Å². The van der Waals surface area contributed by atoms with E-state index in [9.17, 15) is 0 Å². The molecule has 15 heavy (non-hydrogen) atoms. The van der Waals surface area contributed by atoms with Crippen molar-refractivity contribution < 1.29 is 0 Å². The van der Waals surface area contributed by atoms with E-state index >= 15 is 0 Å². The van der Waals surface area contributed by atoms with Gasteiger partial charge in [-0.2, -0.15) is 0 Å². The van der Waals surface area contributed by atoms with Gasteiger partial charge in [0.2, 0.25) is 0 Å². The molecule has 1 heteroatoms. The summed E-state index contributed by atoms with van der Waals surface area (Å²) in [5.74, 6) is 0. The highest BCUT2D eigenvalue weighted by molar-refractivity contribution is 5.30. The maximum Gasteiger partial charge on any atom is 0.0297 e. The van der Waals surface area contributed by atoms with Crippen LogP contribution in [-0.2, 0) is 0 Å². The van der Waals surface area contributed by atoms with Crippen LogP contribution in [0.1, 0.15) is 36.6 Å². The van der Waals surface area contributed by atoms with Gasteiger partial charge in [0.15, 0.2) is 0 Å². The van der Waals surface area contributed by atoms with E-state index in [-0.39, 0.29) is 0 Å². The van der Waals surface area contributed by atoms with Crippen LogP contribution < -0.4 is 5.32 Å². The maximum absolute atomic E-state index is 3.78. The Balaban J connectivity index is 2.81. The first-order chi connectivity index (χ1) is 7.02. The Labute approximate surface area is 93.2 Å². The Kier molecular flexibility index (Phi) is 4.10. The summed E-state index contributed by atoms with van der Waals surface area (Å²) in [7, 11) is 0. The Morgan fingerprint density at radius 3 is 2.13 bits per heavy atom. The largest absolute Gasteiger partial charge is 0.304 e. The molecular weight excluding hydrogens is 182 g/mol. The summed E-state index contributed by atoms with van der Waals surface area (Å²) in [6, 6.07) is 7.39. The third kappa shape index (κ3) is 3.52. The topological polar surface area (TPSA) is 12.0 Å². The first-order valence-electron chi connectivity index (χ1n) is 5.49. The van der Waals surface area contributed by atoms with Gasteiger partial charge in [-0.05, 0) is 33.3 Å². The fraction of sp³-hybridized carbons (Fsp3) is 0.429. The second-order valence-electron chi connectivity index (χ2n) is 4.33. The van der Waals surface area contributed by atoms with Crippen LogP contribution in [0.2, 0.25) is 0 Å². The number of hydrogen-bond acceptors (Lipinski definition) is 1. The van der Waals surface area contributed by atoms with Gasteiger partial charge in [-0.25, -0.2) is 0 Å². The van der Waals surface area contributed by atoms with Crippen LogP contribution in [0.3, 0.4) is 0 Å². The molecule has 1 aromatic rings. The van der Waals surface area contributed by atoms with Crippen molar-refractivity contribution in [2.24, 2.45) is 0 Å². The molecular formula is C14H21N. The molecule has 0 radical (unpaired) electrons. The number of aryl methyl sites for hydroxylation is 2. The van der Waals surface area contributed by atoms with E-state index in [4.69, 9.17) is 0 Å². The molecule has 0 aliphatic carbocycles. The van der Waals surface area contributed by atoms with E-state index in [0.29, 0.717) is 12.1 Å². The first-order valence-corrected chi connectivity index (χ1v) is 5.49. The molecule has 0 fully saturated rings. The highest BCUT2D eigenvalue weighted by Crippen LogP contribution is 2.17. The predicted octanol–water partition coefficient (Wildman–Crippen LogP) is 3.53. The van der Waals surface area contributed by atoms with Gasteiger partial charge in [0, 0.05) is 12.1 Å². The molecule has 1 N–H and O–H groups in total. The molecule has 1 aromatic carbocycles. The Morgan fingerprint density at radius 1 is 1.13 bits per heavy atom. The van der Waals surface area contributed by atoms with Crippen LogP contribution in [-0.4, -0.2) is 6.04 Å². The second kappa shape index (κ2) is 5.13. The second-order valence-corrected chi connectivity index (χ2v) is 4.33. The normalized spacial score (nSPS) is 14.7. The lowest BCUT2D eigenvalue weighted by molar-refractivity contribution is 0.536. The van der Waals surface area contributed by atoms with Crippen molar-refractivity contribution >= 4 is 0 Å². The zero-order valence-electron chi connectivity index (χ0n) is 10.2. The average Bonchev–Trinajstić information content (AvgIpc) is 2.16. The molecule has 0 aliphatic rings. The van der Waals surface area contributed by atoms with Crippen molar-refractivity contribution in [2.45, 2.75) is 39.8 Å². The SMILES string of the molecule is C=CC(C)NC(C)c1cc(C)cc(C)c1. The summed E-state index contributed by atoms with van der Waals surface area (Å²) in [5, 5.41) is 3.48. The van der Waals surface area contributed by atoms with E-state index in [2.05, 4.69) is 57.8 Å². The summed E-state index contributed by atoms with van der Waals surface area (Å²) < 4.78 is 0. The minimum atomic E-state index is 0.348. The van der Waals surface area contributed by atoms with Gasteiger partial charge in [-0.15, -0.1) is 6.58 Å². The minimum Gasteiger partial charge on any atom is -0.304 e. The van der Waals surface area contributed by atoms with E-state index in [1.165, 1.54) is 16.7 Å². The van der Waals surface area contributed by atoms with Crippen LogP contribution in [0.15, 0.2) is 30.9 Å². The highest BCUT2D eigenvalue weighted by Gasteiger charge is 2.07. The molecule has 1 nitrogen and oxygen atoms in total. The molecule has 0 saturated carbocycles. The Morgan fingerprint density at radius 2 is 1.67 bits per heavy atom. The third-order valence-corrected chi connectivity index (χ3v) is 2.61. The molecule has 0 bridgehead atoms. The van der Waals surface area contributed by atoms with Gasteiger partial charge < -0.3 is 5.32 Å². The molecule has 0 aliphatic heterocycles. The van der Waals surface area contributed by atoms with Crippen molar-refractivity contribution in [1.82, 2.24) is 5.32 Å². The van der Waals surface area contributed by atoms with Crippen molar-refractivity contribution in [2.75, 3.05) is 0 Å². The zero-order chi connectivity index (χ0) is 11.4. The van der Waals surface area contributed by atoms with Crippen molar-refractivity contribution in [3.8, 4) is 0 Å². The Hall–Kier alpha value is -1.08. The Bertz CT molecular complexity index is 321. The fourth-order valence-corrected chi connectivity index (χ4v) is 1.82. The van der Waals surface area contributed by atoms with Gasteiger partial charge in [-0.3, -0.25) is 0 Å². The van der Waals surface area contributed by atoms with Crippen molar-refractivity contribution in [1.29, 1.82) is 0 Å². The van der Waals surface area contributed by atoms with Gasteiger partial charge in [0.25, 0.3) is 0 Å². The highest BCUT2D eigenvalue weighted by atomic mass is 14.9. The van der Waals surface area contributed by atoms with Crippen LogP contribution in [0.4, 0.5) is 0 Å². The van der Waals surface area contributed by atoms with Crippen LogP contribution in [0, 0.1) is 13.8 Å². The summed E-state index contributed by atoms with van der Waals surface area (Å²) in [5.41, 5.74) is 4.00. The molecule has 1 rings (SSSR count). The van der Waals surface area contributed by atoms with E-state index in [0.717, 1.165) is 0 Å². The molecule has 82 valence electrons. The number of rotatable bonds is 4. The minimum absolute atomic E-state index is 0.348. The lowest BCUT2D eigenvalue weighted by Crippen LogP contribution is -2.27. The third-order valence-electron chi connectivity index (χ3n) is 2.61. The summed E-state index contributed by atoms with van der Waals surface area (Å²) in [4.78, 5) is 0. The average molecular weight is 203 g/mol. The van der Waals surface area contributed by atoms with Crippen molar-refractivity contribution in [3.63, 3.8) is 0 Å². The first kappa shape index (κ1) is 12.0. The van der Waals surface area contributed by atoms with Gasteiger partial charge in [0.1, 0.15) is 0 Å². The molecule has 0 aromatic heterocycles. The van der Waals surface area contributed by atoms with Gasteiger partial charge in [-0.1, -0.05) is 35.4 Å². The molecule has 0 amide bonds. The van der Waals surface area contributed by atoms with Gasteiger partial charge in [0.05, 0.1) is 0 Å². The maximum atomic E-state index is 3.78. The standard InChI is InChI=1S/C14H21N/c1-6-12(4)15-13(5)14-8-10(2)7-11(3)9-14/h6-9,12-13,15H,1H2,2-5H3. The number of nitrogens with one attached hydrogen (secondary N) is 1. The summed E-state index contributed by atoms with van der Waals surface area (Å²) in [6.45, 7) is 12.4. The predicted molar refractivity (Wildman–Crippen MR) is 67.1 cm³/mol. The summed E-state index contributed by atoms with van der Waals surface area (Å²) >= 11 is 0. The van der Waals surface area contributed by atoms with Crippen LogP contribution in [0.25, 0.3) is 0 Å². The van der Waals surface area contributed by atoms with Crippen molar-refractivity contribution in [3.05, 3.63) is 47.5 Å². The fourth-order valence-electron chi connectivity index (χ4n) is 1.82. The van der Waals surface area contributed by atoms with E-state index in [1.807, 2.05) is 6.08 Å². The molecule has 2 unspecified atom stereocenters. The molecule has 0 spiro atoms. The molecule has 2 atom stereocenters. The monoisotopic (exact) mass is 203 g/mol. The lowest BCUT2D eigenvalue weighted by atomic mass is 10.0. The summed E-state index contributed by atoms with van der Waals surface area (Å²) in [6.07, 6.45) is 1.93. The molecule has 0 heterocycles. The lowest BCUT2D eigenvalue weighted by Gasteiger charge is -2.18. The quantitative estimate of drug-likeness (QED) is 0.738. The van der Waals surface area contributed by atoms with Gasteiger partial charge >= 0.3 is 0 Å². The number of hydrogen-bond donors (Lipinski definition) is 1. The molecule has 0 saturated heterocycles. The smallest absolute Gasteiger partial charge is 0.0297 e.